The Labute approximate surface area is 171 Å². The van der Waals surface area contributed by atoms with Gasteiger partial charge in [0.1, 0.15) is 11.4 Å². The molecule has 4 aromatic rings. The van der Waals surface area contributed by atoms with Crippen molar-refractivity contribution in [2.24, 2.45) is 5.73 Å². The number of benzene rings is 2. The fourth-order valence-corrected chi connectivity index (χ4v) is 3.52. The topological polar surface area (TPSA) is 63.9 Å². The van der Waals surface area contributed by atoms with E-state index in [0.717, 1.165) is 58.4 Å². The van der Waals surface area contributed by atoms with E-state index in [2.05, 4.69) is 66.5 Å². The van der Waals surface area contributed by atoms with Crippen LogP contribution in [0.25, 0.3) is 34.1 Å². The average molecular weight is 386 g/mol. The van der Waals surface area contributed by atoms with Crippen LogP contribution in [0.15, 0.2) is 54.6 Å². The Kier molecular flexibility index (Phi) is 5.63. The molecule has 0 aliphatic rings. The Hall–Kier alpha value is -3.11. The summed E-state index contributed by atoms with van der Waals surface area (Å²) in [6, 6.07) is 19.0. The summed E-state index contributed by atoms with van der Waals surface area (Å²) in [5.74, 6) is 0.867. The monoisotopic (exact) mass is 385 g/mol. The van der Waals surface area contributed by atoms with Crippen molar-refractivity contribution >= 4 is 34.1 Å². The molecule has 4 nitrogen and oxygen atoms in total. The zero-order valence-corrected chi connectivity index (χ0v) is 17.0. The molecular formula is C25H27N3O. The quantitative estimate of drug-likeness (QED) is 0.409. The van der Waals surface area contributed by atoms with Gasteiger partial charge >= 0.3 is 0 Å². The molecule has 4 heteroatoms. The van der Waals surface area contributed by atoms with Crippen molar-refractivity contribution in [2.45, 2.75) is 32.2 Å². The second-order valence-corrected chi connectivity index (χ2v) is 7.44. The largest absolute Gasteiger partial charge is 0.497 e. The molecule has 0 spiro atoms. The number of fused-ring (bicyclic) bond motifs is 3. The average Bonchev–Trinajstić information content (AvgIpc) is 3.13. The zero-order chi connectivity index (χ0) is 20.2. The molecule has 0 aliphatic carbocycles. The van der Waals surface area contributed by atoms with Gasteiger partial charge in [-0.25, -0.2) is 4.98 Å². The van der Waals surface area contributed by atoms with Gasteiger partial charge in [-0.15, -0.1) is 0 Å². The van der Waals surface area contributed by atoms with E-state index in [1.54, 1.807) is 7.11 Å². The van der Waals surface area contributed by atoms with E-state index >= 15 is 0 Å². The van der Waals surface area contributed by atoms with Gasteiger partial charge in [0.25, 0.3) is 0 Å². The second-order valence-electron chi connectivity index (χ2n) is 7.44. The van der Waals surface area contributed by atoms with Crippen LogP contribution in [-0.2, 0) is 6.42 Å². The van der Waals surface area contributed by atoms with Gasteiger partial charge < -0.3 is 15.5 Å². The van der Waals surface area contributed by atoms with Crippen molar-refractivity contribution in [3.05, 3.63) is 71.4 Å². The summed E-state index contributed by atoms with van der Waals surface area (Å²) in [6.45, 7) is 2.12. The van der Waals surface area contributed by atoms with E-state index < -0.39 is 0 Å². The lowest BCUT2D eigenvalue weighted by molar-refractivity contribution is 0.415. The van der Waals surface area contributed by atoms with Crippen LogP contribution in [0.3, 0.4) is 0 Å². The first-order valence-corrected chi connectivity index (χ1v) is 10.2. The van der Waals surface area contributed by atoms with Crippen LogP contribution in [0.2, 0.25) is 0 Å². The lowest BCUT2D eigenvalue weighted by atomic mass is 10.1. The maximum absolute atomic E-state index is 6.05. The molecule has 0 saturated carbocycles. The first-order valence-electron chi connectivity index (χ1n) is 10.2. The molecule has 0 aliphatic heterocycles. The summed E-state index contributed by atoms with van der Waals surface area (Å²) in [6.07, 6.45) is 7.13. The van der Waals surface area contributed by atoms with Crippen LogP contribution in [0.1, 0.15) is 36.6 Å². The number of nitrogens with two attached hydrogens (primary N) is 1. The minimum atomic E-state index is 0.246. The third-order valence-electron chi connectivity index (χ3n) is 5.42. The van der Waals surface area contributed by atoms with Crippen molar-refractivity contribution in [1.29, 1.82) is 0 Å². The highest BCUT2D eigenvalue weighted by atomic mass is 16.5. The van der Waals surface area contributed by atoms with Gasteiger partial charge in [-0.2, -0.15) is 0 Å². The first kappa shape index (κ1) is 19.2. The smallest absolute Gasteiger partial charge is 0.138 e. The van der Waals surface area contributed by atoms with E-state index in [-0.39, 0.29) is 6.04 Å². The molecule has 1 unspecified atom stereocenters. The lowest BCUT2D eigenvalue weighted by Gasteiger charge is -2.07. The summed E-state index contributed by atoms with van der Waals surface area (Å²) in [4.78, 5) is 8.27. The predicted molar refractivity (Wildman–Crippen MR) is 122 cm³/mol. The molecule has 0 amide bonds. The third kappa shape index (κ3) is 4.33. The number of pyridine rings is 1. The molecular weight excluding hydrogens is 358 g/mol. The van der Waals surface area contributed by atoms with E-state index in [0.29, 0.717) is 0 Å². The number of hydrogen-bond acceptors (Lipinski definition) is 3. The maximum atomic E-state index is 6.05. The number of H-pyrrole nitrogens is 1. The standard InChI is InChI=1S/C25H27N3O/c1-3-19(26)9-10-20-11-14-22-23-16-18(8-15-24(23)28-25(22)27-20)5-4-17-6-12-21(29-2)13-7-17/h4-8,11-16,19H,3,9-10,26H2,1-2H3,(H,27,28). The molecule has 2 heterocycles. The number of aromatic amines is 1. The SMILES string of the molecule is CCC(N)CCc1ccc2c(n1)[nH]c1ccc(C=Cc3ccc(OC)cc3)cc12. The van der Waals surface area contributed by atoms with E-state index in [1.807, 2.05) is 12.1 Å². The van der Waals surface area contributed by atoms with Crippen LogP contribution >= 0.6 is 0 Å². The van der Waals surface area contributed by atoms with Crippen LogP contribution in [0, 0.1) is 0 Å². The van der Waals surface area contributed by atoms with Crippen LogP contribution in [0.5, 0.6) is 5.75 Å². The van der Waals surface area contributed by atoms with E-state index in [1.165, 1.54) is 5.39 Å². The molecule has 0 fully saturated rings. The number of aromatic nitrogens is 2. The van der Waals surface area contributed by atoms with Gasteiger partial charge in [0.15, 0.2) is 0 Å². The molecule has 4 rings (SSSR count). The molecule has 3 N–H and O–H groups in total. The van der Waals surface area contributed by atoms with Gasteiger partial charge in [0, 0.05) is 28.0 Å². The van der Waals surface area contributed by atoms with Crippen molar-refractivity contribution in [3.8, 4) is 5.75 Å². The Morgan fingerprint density at radius 2 is 1.76 bits per heavy atom. The molecule has 2 aromatic carbocycles. The highest BCUT2D eigenvalue weighted by molar-refractivity contribution is 6.06. The molecule has 0 bridgehead atoms. The number of aryl methyl sites for hydroxylation is 1. The zero-order valence-electron chi connectivity index (χ0n) is 17.0. The molecule has 29 heavy (non-hydrogen) atoms. The predicted octanol–water partition coefficient (Wildman–Crippen LogP) is 5.57. The Morgan fingerprint density at radius 3 is 2.52 bits per heavy atom. The summed E-state index contributed by atoms with van der Waals surface area (Å²) in [5, 5.41) is 2.35. The number of hydrogen-bond donors (Lipinski definition) is 2. The third-order valence-corrected chi connectivity index (χ3v) is 5.42. The van der Waals surface area contributed by atoms with Crippen molar-refractivity contribution in [2.75, 3.05) is 7.11 Å². The number of rotatable bonds is 7. The van der Waals surface area contributed by atoms with E-state index in [4.69, 9.17) is 15.5 Å². The van der Waals surface area contributed by atoms with Crippen molar-refractivity contribution in [1.82, 2.24) is 9.97 Å². The summed E-state index contributed by atoms with van der Waals surface area (Å²) in [7, 11) is 1.68. The Morgan fingerprint density at radius 1 is 1.00 bits per heavy atom. The van der Waals surface area contributed by atoms with Gasteiger partial charge in [-0.3, -0.25) is 0 Å². The fourth-order valence-electron chi connectivity index (χ4n) is 3.52. The van der Waals surface area contributed by atoms with Gasteiger partial charge in [-0.05, 0) is 66.8 Å². The van der Waals surface area contributed by atoms with Gasteiger partial charge in [-0.1, -0.05) is 37.3 Å². The van der Waals surface area contributed by atoms with Gasteiger partial charge in [0.05, 0.1) is 7.11 Å². The van der Waals surface area contributed by atoms with Crippen LogP contribution in [0.4, 0.5) is 0 Å². The fraction of sp³-hybridized carbons (Fsp3) is 0.240. The minimum Gasteiger partial charge on any atom is -0.497 e. The summed E-state index contributed by atoms with van der Waals surface area (Å²) in [5.41, 5.74) is 11.5. The molecule has 1 atom stereocenters. The van der Waals surface area contributed by atoms with Gasteiger partial charge in [0.2, 0.25) is 0 Å². The van der Waals surface area contributed by atoms with Crippen molar-refractivity contribution in [3.63, 3.8) is 0 Å². The lowest BCUT2D eigenvalue weighted by Crippen LogP contribution is -2.19. The van der Waals surface area contributed by atoms with E-state index in [9.17, 15) is 0 Å². The molecule has 148 valence electrons. The highest BCUT2D eigenvalue weighted by Crippen LogP contribution is 2.26. The Balaban J connectivity index is 1.59. The van der Waals surface area contributed by atoms with Crippen LogP contribution in [-0.4, -0.2) is 23.1 Å². The van der Waals surface area contributed by atoms with Crippen molar-refractivity contribution < 1.29 is 4.74 Å². The second kappa shape index (κ2) is 8.50. The minimum absolute atomic E-state index is 0.246. The molecule has 0 saturated heterocycles. The molecule has 0 radical (unpaired) electrons. The first-order chi connectivity index (χ1) is 14.2. The van der Waals surface area contributed by atoms with Crippen LogP contribution < -0.4 is 10.5 Å². The Bertz CT molecular complexity index is 1140. The number of nitrogens with zero attached hydrogens (tertiary/aromatic N) is 1. The number of methoxy groups -OCH3 is 1. The molecule has 2 aromatic heterocycles. The summed E-state index contributed by atoms with van der Waals surface area (Å²) < 4.78 is 5.21. The summed E-state index contributed by atoms with van der Waals surface area (Å²) >= 11 is 0. The number of nitrogens with one attached hydrogen (secondary N) is 1. The maximum Gasteiger partial charge on any atom is 0.138 e. The highest BCUT2D eigenvalue weighted by Gasteiger charge is 2.08. The number of ether oxygens (including phenoxy) is 1. The normalized spacial score (nSPS) is 12.8.